The van der Waals surface area contributed by atoms with Crippen LogP contribution in [0.25, 0.3) is 167 Å². The molecule has 4 aromatic carbocycles. The number of H-pyrrole nitrogens is 3. The molecule has 0 bridgehead atoms. The van der Waals surface area contributed by atoms with Crippen molar-refractivity contribution in [1.29, 1.82) is 0 Å². The van der Waals surface area contributed by atoms with Crippen LogP contribution < -0.4 is 24.9 Å². The number of pyridine rings is 4. The lowest BCUT2D eigenvalue weighted by molar-refractivity contribution is 0.122. The molecule has 4 N–H and O–H groups in total. The van der Waals surface area contributed by atoms with Gasteiger partial charge in [0.1, 0.15) is 27.9 Å². The maximum Gasteiger partial charge on any atom is 0.229 e. The summed E-state index contributed by atoms with van der Waals surface area (Å²) in [5, 5.41) is 9.65. The van der Waals surface area contributed by atoms with Gasteiger partial charge in [-0.25, -0.2) is 64.2 Å². The third-order valence-corrected chi connectivity index (χ3v) is 34.4. The second-order valence-electron chi connectivity index (χ2n) is 39.0. The molecule has 0 aliphatic carbocycles. The molecule has 0 saturated carbocycles. The molecule has 8 fully saturated rings. The summed E-state index contributed by atoms with van der Waals surface area (Å²) in [6.45, 7) is 27.8. The Morgan fingerprint density at radius 3 is 1.14 bits per heavy atom. The number of anilines is 5. The summed E-state index contributed by atoms with van der Waals surface area (Å²) < 4.78 is 109. The minimum absolute atomic E-state index is 0.342. The summed E-state index contributed by atoms with van der Waals surface area (Å²) >= 11 is 0. The molecule has 0 amide bonds. The zero-order valence-electron chi connectivity index (χ0n) is 82.4. The number of ether oxygens (including phenoxy) is 4. The number of halogens is 1. The van der Waals surface area contributed by atoms with Gasteiger partial charge in [0, 0.05) is 330 Å². The molecule has 148 heavy (non-hydrogen) atoms. The zero-order valence-corrected chi connectivity index (χ0v) is 85.7. The first kappa shape index (κ1) is 95.7. The van der Waals surface area contributed by atoms with Crippen LogP contribution in [0.15, 0.2) is 152 Å². The molecule has 9 aliphatic heterocycles. The Hall–Kier alpha value is -13.2. The summed E-state index contributed by atoms with van der Waals surface area (Å²) in [6.07, 6.45) is 11.7. The molecule has 8 saturated heterocycles. The Morgan fingerprint density at radius 1 is 0.358 bits per heavy atom. The van der Waals surface area contributed by atoms with E-state index in [2.05, 4.69) is 173 Å². The van der Waals surface area contributed by atoms with E-state index in [0.29, 0.717) is 168 Å². The Bertz CT molecular complexity index is 8390. The number of aromatic nitrogens is 15. The zero-order chi connectivity index (χ0) is 99.7. The number of fused-ring (bicyclic) bond motifs is 16. The number of hydrogen-bond acceptors (Lipinski definition) is 33. The molecular weight excluding hydrogens is 1960 g/mol. The molecule has 0 atom stereocenters. The van der Waals surface area contributed by atoms with E-state index in [9.17, 15) is 21.2 Å². The van der Waals surface area contributed by atoms with Crippen molar-refractivity contribution in [1.82, 2.24) is 94.4 Å². The van der Waals surface area contributed by atoms with Crippen LogP contribution in [-0.2, 0) is 94.7 Å². The molecule has 0 spiro atoms. The number of nitrogens with zero attached hydrogens (tertiary/aromatic N) is 20. The molecule has 41 heteroatoms. The second kappa shape index (κ2) is 41.4. The number of aromatic amines is 3. The van der Waals surface area contributed by atoms with Gasteiger partial charge in [-0.2, -0.15) is 0 Å². The maximum absolute atomic E-state index is 14.8. The van der Waals surface area contributed by atoms with Crippen LogP contribution in [-0.4, -0.2) is 321 Å². The Morgan fingerprint density at radius 2 is 0.723 bits per heavy atom. The van der Waals surface area contributed by atoms with Crippen molar-refractivity contribution in [3.05, 3.63) is 185 Å². The largest absolute Gasteiger partial charge is 0.432 e. The minimum Gasteiger partial charge on any atom is -0.432 e. The monoisotopic (exact) mass is 2070 g/mol. The topological polar surface area (TPSA) is 398 Å². The first-order chi connectivity index (χ1) is 72.5. The van der Waals surface area contributed by atoms with Crippen molar-refractivity contribution in [2.75, 3.05) is 235 Å². The molecule has 762 valence electrons. The van der Waals surface area contributed by atoms with Crippen molar-refractivity contribution in [2.45, 2.75) is 53.4 Å². The van der Waals surface area contributed by atoms with Crippen molar-refractivity contribution in [2.24, 2.45) is 0 Å². The van der Waals surface area contributed by atoms with Gasteiger partial charge in [0.15, 0.2) is 68.9 Å². The fourth-order valence-corrected chi connectivity index (χ4v) is 26.1. The SMILES string of the molecule is Cc1cc2c(-c3nc(N4CCOCC4)c4oc5ncc(CN6CCS(=O)CC6)cc5c4n3)cccc2[nH]1.Cc1ccc2[nH]ccc2c1-c1nc(N2CCOCC2)c2oc3ncc(CN4CCS(=O)CC4)cc3c2n1.Cc1ccc2c(c1-c1nc(N3CCOCC3)c3oc4ncc(CN5CCS(=O)CC5)cc4c3n1)CCN2.O=S1CCN(Cc2cnc3oc4c(N5CCOCC5)nc(-c5cccc6[nH]cc(F)c56)nc4c3c2)CC1. The summed E-state index contributed by atoms with van der Waals surface area (Å²) in [7, 11) is -2.80. The first-order valence-corrected chi connectivity index (χ1v) is 56.7. The van der Waals surface area contributed by atoms with Gasteiger partial charge in [-0.3, -0.25) is 36.4 Å². The Balaban J connectivity index is 0.000000103. The highest BCUT2D eigenvalue weighted by Gasteiger charge is 2.34. The number of furan rings is 4. The lowest BCUT2D eigenvalue weighted by atomic mass is 9.99. The van der Waals surface area contributed by atoms with E-state index in [-0.39, 0.29) is 5.82 Å². The fourth-order valence-electron chi connectivity index (χ4n) is 21.6. The summed E-state index contributed by atoms with van der Waals surface area (Å²) in [5.41, 5.74) is 24.5. The average molecular weight is 2070 g/mol. The van der Waals surface area contributed by atoms with Gasteiger partial charge in [-0.15, -0.1) is 0 Å². The van der Waals surface area contributed by atoms with E-state index in [1.807, 2.05) is 55.2 Å². The first-order valence-electron chi connectivity index (χ1n) is 50.8. The van der Waals surface area contributed by atoms with Crippen LogP contribution in [0.1, 0.15) is 44.6 Å². The van der Waals surface area contributed by atoms with E-state index >= 15 is 0 Å². The predicted molar refractivity (Wildman–Crippen MR) is 577 cm³/mol. The quantitative estimate of drug-likeness (QED) is 0.0698. The molecule has 15 aromatic heterocycles. The number of hydrogen-bond donors (Lipinski definition) is 4. The standard InChI is InChI=1S/C27H30N6O3S.2C27H28N6O3S.C26H25FN6O3S/c2*1-17-2-3-21-19(4-5-28-21)22(17)25-30-23-20-14-18(16-32-8-12-37(34)13-9-32)15-29-27(20)36-24(23)26(31-25)33-6-10-35-11-7-33;1-17-13-20-19(3-2-4-22(20)29-17)25-30-23-21-14-18(16-32-7-11-37(34)12-8-32)15-28-27(21)36-24(23)26(31-25)33-5-9-35-10-6-33;27-19-14-28-20-3-1-2-17(21(19)20)24-30-22-18-12-16(15-32-6-10-37(34)11-7-32)13-29-26(18)36-23(22)25(31-24)33-4-8-35-9-5-33/h2-3,14-15,28H,4-13,16H2,1H3;2-5,14-15,28H,6-13,16H2,1H3;2-4,13-15,29H,5-12,16H2,1H3;1-3,12-14,28H,4-11,15H2. The van der Waals surface area contributed by atoms with Gasteiger partial charge in [0.05, 0.1) is 74.4 Å². The molecule has 0 radical (unpaired) electrons. The molecule has 9 aliphatic rings. The smallest absolute Gasteiger partial charge is 0.229 e. The predicted octanol–water partition coefficient (Wildman–Crippen LogP) is 13.8. The summed E-state index contributed by atoms with van der Waals surface area (Å²) in [4.78, 5) is 86.9. The van der Waals surface area contributed by atoms with Crippen molar-refractivity contribution in [3.8, 4) is 45.6 Å². The second-order valence-corrected chi connectivity index (χ2v) is 45.8. The fraction of sp³-hybridized carbons (Fsp3) is 0.383. The maximum atomic E-state index is 14.8. The normalized spacial score (nSPS) is 18.2. The minimum atomic E-state index is -0.720. The number of aryl methyl sites for hydroxylation is 3. The van der Waals surface area contributed by atoms with Gasteiger partial charge in [-0.05, 0) is 127 Å². The van der Waals surface area contributed by atoms with Gasteiger partial charge in [0.25, 0.3) is 0 Å². The average Bonchev–Trinajstić information content (AvgIpc) is 1.59. The van der Waals surface area contributed by atoms with Gasteiger partial charge in [-0.1, -0.05) is 36.4 Å². The lowest BCUT2D eigenvalue weighted by Crippen LogP contribution is -2.37. The Labute approximate surface area is 858 Å². The highest BCUT2D eigenvalue weighted by atomic mass is 32.2. The number of benzene rings is 4. The van der Waals surface area contributed by atoms with Crippen LogP contribution >= 0.6 is 0 Å². The van der Waals surface area contributed by atoms with Crippen molar-refractivity contribution in [3.63, 3.8) is 0 Å². The van der Waals surface area contributed by atoms with Gasteiger partial charge >= 0.3 is 0 Å². The molecule has 19 aromatic rings. The van der Waals surface area contributed by atoms with Crippen molar-refractivity contribution >= 4 is 194 Å². The van der Waals surface area contributed by atoms with Crippen LogP contribution in [0.4, 0.5) is 33.3 Å². The van der Waals surface area contributed by atoms with Crippen LogP contribution in [0.2, 0.25) is 0 Å². The van der Waals surface area contributed by atoms with Crippen LogP contribution in [0, 0.1) is 26.6 Å². The molecule has 28 rings (SSSR count). The highest BCUT2D eigenvalue weighted by molar-refractivity contribution is 7.85. The van der Waals surface area contributed by atoms with Crippen molar-refractivity contribution < 1.29 is 57.8 Å². The molecule has 36 nitrogen and oxygen atoms in total. The van der Waals surface area contributed by atoms with E-state index in [1.165, 1.54) is 23.0 Å². The molecule has 24 heterocycles. The number of nitrogens with one attached hydrogen (secondary N) is 4. The van der Waals surface area contributed by atoms with E-state index in [0.717, 1.165) is 299 Å². The van der Waals surface area contributed by atoms with E-state index < -0.39 is 43.2 Å². The van der Waals surface area contributed by atoms with E-state index in [4.69, 9.17) is 76.5 Å². The lowest BCUT2D eigenvalue weighted by Gasteiger charge is -2.28. The van der Waals surface area contributed by atoms with E-state index in [1.54, 1.807) is 0 Å². The van der Waals surface area contributed by atoms with Gasteiger partial charge in [0.2, 0.25) is 22.9 Å². The molecular formula is C107H111FN24O12S4. The van der Waals surface area contributed by atoms with Crippen LogP contribution in [0.3, 0.4) is 0 Å². The van der Waals surface area contributed by atoms with Crippen LogP contribution in [0.5, 0.6) is 0 Å². The third-order valence-electron chi connectivity index (χ3n) is 29.3. The van der Waals surface area contributed by atoms with Gasteiger partial charge < -0.3 is 76.5 Å². The summed E-state index contributed by atoms with van der Waals surface area (Å²) in [5.74, 6) is 11.0. The highest BCUT2D eigenvalue weighted by Crippen LogP contribution is 2.45. The molecule has 0 unspecified atom stereocenters. The number of rotatable bonds is 16. The summed E-state index contributed by atoms with van der Waals surface area (Å²) in [6, 6.07) is 33.0. The number of morpholine rings is 4. The Kier molecular flexibility index (Phi) is 26.8. The third kappa shape index (κ3) is 19.3.